The highest BCUT2D eigenvalue weighted by atomic mass is 16.5. The highest BCUT2D eigenvalue weighted by Crippen LogP contribution is 1.87. The van der Waals surface area contributed by atoms with Gasteiger partial charge in [-0.1, -0.05) is 6.58 Å². The van der Waals surface area contributed by atoms with Crippen molar-refractivity contribution in [2.45, 2.75) is 12.8 Å². The van der Waals surface area contributed by atoms with Crippen LogP contribution in [0.1, 0.15) is 12.8 Å². The number of rotatable bonds is 5. The zero-order valence-corrected chi connectivity index (χ0v) is 5.13. The first-order valence-electron chi connectivity index (χ1n) is 2.69. The fourth-order valence-electron chi connectivity index (χ4n) is 0.383. The summed E-state index contributed by atoms with van der Waals surface area (Å²) in [5.41, 5.74) is 0. The van der Waals surface area contributed by atoms with E-state index < -0.39 is 5.97 Å². The summed E-state index contributed by atoms with van der Waals surface area (Å²) < 4.78 is 4.66. The molecule has 9 heavy (non-hydrogen) atoms. The molecule has 52 valence electrons. The van der Waals surface area contributed by atoms with Gasteiger partial charge in [-0.3, -0.25) is 0 Å². The molecule has 0 rings (SSSR count). The molecule has 0 aromatic rings. The van der Waals surface area contributed by atoms with Gasteiger partial charge >= 0.3 is 0 Å². The summed E-state index contributed by atoms with van der Waals surface area (Å²) in [4.78, 5) is 9.77. The largest absolute Gasteiger partial charge is 0.550 e. The molecular weight excluding hydrogens is 120 g/mol. The summed E-state index contributed by atoms with van der Waals surface area (Å²) in [6.07, 6.45) is 1.82. The van der Waals surface area contributed by atoms with E-state index in [0.29, 0.717) is 13.0 Å². The van der Waals surface area contributed by atoms with Crippen molar-refractivity contribution < 1.29 is 14.6 Å². The van der Waals surface area contributed by atoms with E-state index >= 15 is 0 Å². The van der Waals surface area contributed by atoms with Gasteiger partial charge in [0.2, 0.25) is 0 Å². The SMILES string of the molecule is C=COCCCC(=O)[O-]. The van der Waals surface area contributed by atoms with Gasteiger partial charge in [0.1, 0.15) is 0 Å². The number of carbonyl (C=O) groups is 1. The number of hydrogen-bond donors (Lipinski definition) is 0. The maximum Gasteiger partial charge on any atom is 0.0876 e. The van der Waals surface area contributed by atoms with Crippen molar-refractivity contribution in [3.05, 3.63) is 12.8 Å². The lowest BCUT2D eigenvalue weighted by Crippen LogP contribution is -2.21. The van der Waals surface area contributed by atoms with Gasteiger partial charge in [0.15, 0.2) is 0 Å². The van der Waals surface area contributed by atoms with Crippen molar-refractivity contribution in [2.75, 3.05) is 6.61 Å². The van der Waals surface area contributed by atoms with Gasteiger partial charge in [-0.25, -0.2) is 0 Å². The summed E-state index contributed by atoms with van der Waals surface area (Å²) in [6.45, 7) is 3.69. The van der Waals surface area contributed by atoms with E-state index in [-0.39, 0.29) is 6.42 Å². The number of hydrogen-bond acceptors (Lipinski definition) is 3. The number of carboxylic acid groups (broad SMARTS) is 1. The molecule has 0 unspecified atom stereocenters. The normalized spacial score (nSPS) is 8.44. The van der Waals surface area contributed by atoms with Gasteiger partial charge in [0, 0.05) is 5.97 Å². The summed E-state index contributed by atoms with van der Waals surface area (Å²) in [6, 6.07) is 0. The molecule has 0 aliphatic carbocycles. The van der Waals surface area contributed by atoms with Crippen LogP contribution in [0.5, 0.6) is 0 Å². The number of aliphatic carboxylic acids is 1. The van der Waals surface area contributed by atoms with Crippen LogP contribution in [0, 0.1) is 0 Å². The first kappa shape index (κ1) is 8.01. The monoisotopic (exact) mass is 129 g/mol. The van der Waals surface area contributed by atoms with E-state index in [4.69, 9.17) is 0 Å². The highest BCUT2D eigenvalue weighted by molar-refractivity contribution is 5.64. The molecule has 0 amide bonds. The molecule has 0 saturated carbocycles. The lowest BCUT2D eigenvalue weighted by Gasteiger charge is -2.00. The topological polar surface area (TPSA) is 49.4 Å². The van der Waals surface area contributed by atoms with E-state index in [9.17, 15) is 9.90 Å². The average molecular weight is 129 g/mol. The summed E-state index contributed by atoms with van der Waals surface area (Å²) >= 11 is 0. The van der Waals surface area contributed by atoms with Gasteiger partial charge in [0.25, 0.3) is 0 Å². The first-order valence-corrected chi connectivity index (χ1v) is 2.69. The molecule has 3 nitrogen and oxygen atoms in total. The highest BCUT2D eigenvalue weighted by Gasteiger charge is 1.85. The van der Waals surface area contributed by atoms with Crippen molar-refractivity contribution in [3.8, 4) is 0 Å². The zero-order chi connectivity index (χ0) is 7.11. The van der Waals surface area contributed by atoms with E-state index in [0.717, 1.165) is 0 Å². The minimum Gasteiger partial charge on any atom is -0.550 e. The predicted octanol–water partition coefficient (Wildman–Crippen LogP) is -0.323. The van der Waals surface area contributed by atoms with E-state index in [1.165, 1.54) is 6.26 Å². The summed E-state index contributed by atoms with van der Waals surface area (Å²) in [5, 5.41) is 9.77. The molecule has 0 radical (unpaired) electrons. The van der Waals surface area contributed by atoms with Crippen LogP contribution in [0.2, 0.25) is 0 Å². The van der Waals surface area contributed by atoms with E-state index in [1.807, 2.05) is 0 Å². The Hall–Kier alpha value is -0.990. The smallest absolute Gasteiger partial charge is 0.0876 e. The van der Waals surface area contributed by atoms with Crippen molar-refractivity contribution in [3.63, 3.8) is 0 Å². The van der Waals surface area contributed by atoms with Gasteiger partial charge in [0.05, 0.1) is 12.9 Å². The Balaban J connectivity index is 2.91. The van der Waals surface area contributed by atoms with Crippen LogP contribution in [-0.4, -0.2) is 12.6 Å². The molecular formula is C6H9O3-. The standard InChI is InChI=1S/C6H10O3/c1-2-9-5-3-4-6(7)8/h2H,1,3-5H2,(H,7,8)/p-1. The van der Waals surface area contributed by atoms with Crippen LogP contribution in [0.3, 0.4) is 0 Å². The van der Waals surface area contributed by atoms with Gasteiger partial charge in [-0.05, 0) is 12.8 Å². The fraction of sp³-hybridized carbons (Fsp3) is 0.500. The predicted molar refractivity (Wildman–Crippen MR) is 30.4 cm³/mol. The Kier molecular flexibility index (Phi) is 4.59. The summed E-state index contributed by atoms with van der Waals surface area (Å²) in [5.74, 6) is -1.04. The Morgan fingerprint density at radius 1 is 1.78 bits per heavy atom. The Labute approximate surface area is 53.9 Å². The lowest BCUT2D eigenvalue weighted by molar-refractivity contribution is -0.305. The molecule has 0 saturated heterocycles. The van der Waals surface area contributed by atoms with Gasteiger partial charge in [-0.2, -0.15) is 0 Å². The molecule has 0 aromatic carbocycles. The third-order valence-corrected chi connectivity index (χ3v) is 0.761. The van der Waals surface area contributed by atoms with Crippen LogP contribution < -0.4 is 5.11 Å². The summed E-state index contributed by atoms with van der Waals surface area (Å²) in [7, 11) is 0. The Bertz CT molecular complexity index is 98.5. The quantitative estimate of drug-likeness (QED) is 0.377. The van der Waals surface area contributed by atoms with Crippen LogP contribution in [-0.2, 0) is 9.53 Å². The average Bonchev–Trinajstić information content (AvgIpc) is 1.80. The van der Waals surface area contributed by atoms with Gasteiger partial charge < -0.3 is 14.6 Å². The van der Waals surface area contributed by atoms with Crippen LogP contribution >= 0.6 is 0 Å². The van der Waals surface area contributed by atoms with Crippen LogP contribution in [0.15, 0.2) is 12.8 Å². The molecule has 0 aromatic heterocycles. The number of carbonyl (C=O) groups excluding carboxylic acids is 1. The van der Waals surface area contributed by atoms with Crippen molar-refractivity contribution >= 4 is 5.97 Å². The molecule has 0 fully saturated rings. The van der Waals surface area contributed by atoms with Crippen molar-refractivity contribution in [2.24, 2.45) is 0 Å². The maximum atomic E-state index is 9.77. The van der Waals surface area contributed by atoms with E-state index in [2.05, 4.69) is 11.3 Å². The Morgan fingerprint density at radius 3 is 2.89 bits per heavy atom. The molecule has 0 bridgehead atoms. The minimum atomic E-state index is -1.04. The zero-order valence-electron chi connectivity index (χ0n) is 5.13. The lowest BCUT2D eigenvalue weighted by atomic mass is 10.3. The van der Waals surface area contributed by atoms with Crippen LogP contribution in [0.4, 0.5) is 0 Å². The second-order valence-corrected chi connectivity index (χ2v) is 1.51. The second-order valence-electron chi connectivity index (χ2n) is 1.51. The number of carboxylic acids is 1. The molecule has 0 heterocycles. The molecule has 3 heteroatoms. The second kappa shape index (κ2) is 5.15. The van der Waals surface area contributed by atoms with Gasteiger partial charge in [-0.15, -0.1) is 0 Å². The number of ether oxygens (including phenoxy) is 1. The van der Waals surface area contributed by atoms with Crippen molar-refractivity contribution in [1.82, 2.24) is 0 Å². The third-order valence-electron chi connectivity index (χ3n) is 0.761. The Morgan fingerprint density at radius 2 is 2.44 bits per heavy atom. The first-order chi connectivity index (χ1) is 4.27. The molecule has 0 N–H and O–H groups in total. The van der Waals surface area contributed by atoms with Crippen LogP contribution in [0.25, 0.3) is 0 Å². The maximum absolute atomic E-state index is 9.77. The third kappa shape index (κ3) is 7.01. The fourth-order valence-corrected chi connectivity index (χ4v) is 0.383. The molecule has 0 aliphatic heterocycles. The van der Waals surface area contributed by atoms with Crippen molar-refractivity contribution in [1.29, 1.82) is 0 Å². The minimum absolute atomic E-state index is 0.0494. The molecule has 0 aliphatic rings. The molecule has 0 atom stereocenters. The molecule has 0 spiro atoms. The van der Waals surface area contributed by atoms with E-state index in [1.54, 1.807) is 0 Å².